The lowest BCUT2D eigenvalue weighted by Gasteiger charge is -2.13. The van der Waals surface area contributed by atoms with Gasteiger partial charge < -0.3 is 14.8 Å². The second-order valence-electron chi connectivity index (χ2n) is 5.58. The lowest BCUT2D eigenvalue weighted by molar-refractivity contribution is 0.0957. The van der Waals surface area contributed by atoms with Crippen LogP contribution in [0.15, 0.2) is 48.5 Å². The number of para-hydroxylation sites is 1. The van der Waals surface area contributed by atoms with E-state index in [0.717, 1.165) is 0 Å². The van der Waals surface area contributed by atoms with Gasteiger partial charge >= 0.3 is 0 Å². The van der Waals surface area contributed by atoms with Crippen molar-refractivity contribution in [3.63, 3.8) is 0 Å². The average Bonchev–Trinajstić information content (AvgIpc) is 2.66. The molecule has 0 fully saturated rings. The number of carbonyl (C=O) groups is 2. The van der Waals surface area contributed by atoms with Gasteiger partial charge in [0.25, 0.3) is 5.91 Å². The summed E-state index contributed by atoms with van der Waals surface area (Å²) in [7, 11) is 0. The van der Waals surface area contributed by atoms with Crippen LogP contribution >= 0.6 is 12.2 Å². The van der Waals surface area contributed by atoms with Crippen molar-refractivity contribution in [2.24, 2.45) is 0 Å². The first-order chi connectivity index (χ1) is 13.0. The Morgan fingerprint density at radius 3 is 2.41 bits per heavy atom. The zero-order valence-electron chi connectivity index (χ0n) is 15.3. The predicted molar refractivity (Wildman–Crippen MR) is 109 cm³/mol. The Morgan fingerprint density at radius 1 is 1.04 bits per heavy atom. The molecule has 0 aliphatic carbocycles. The number of thiocarbonyl (C=S) groups is 1. The summed E-state index contributed by atoms with van der Waals surface area (Å²) in [5.41, 5.74) is 1.66. The molecule has 7 heteroatoms. The highest BCUT2D eigenvalue weighted by molar-refractivity contribution is 7.80. The van der Waals surface area contributed by atoms with E-state index in [0.29, 0.717) is 42.4 Å². The summed E-state index contributed by atoms with van der Waals surface area (Å²) in [6, 6.07) is 13.8. The van der Waals surface area contributed by atoms with Crippen LogP contribution in [0.2, 0.25) is 0 Å². The summed E-state index contributed by atoms with van der Waals surface area (Å²) in [5.74, 6) is 0.0709. The van der Waals surface area contributed by atoms with Crippen LogP contribution in [0.5, 0.6) is 5.75 Å². The Balaban J connectivity index is 1.95. The third-order valence-electron chi connectivity index (χ3n) is 3.60. The van der Waals surface area contributed by atoms with E-state index >= 15 is 0 Å². The molecule has 0 aromatic heterocycles. The van der Waals surface area contributed by atoms with Crippen LogP contribution in [0.3, 0.4) is 0 Å². The van der Waals surface area contributed by atoms with Gasteiger partial charge in [0.1, 0.15) is 12.4 Å². The molecule has 0 saturated carbocycles. The molecule has 1 amide bonds. The number of amides is 1. The minimum Gasteiger partial charge on any atom is -0.490 e. The molecule has 2 N–H and O–H groups in total. The van der Waals surface area contributed by atoms with Gasteiger partial charge in [0.2, 0.25) is 0 Å². The summed E-state index contributed by atoms with van der Waals surface area (Å²) >= 11 is 5.19. The summed E-state index contributed by atoms with van der Waals surface area (Å²) in [4.78, 5) is 23.8. The molecule has 142 valence electrons. The fourth-order valence-corrected chi connectivity index (χ4v) is 2.47. The van der Waals surface area contributed by atoms with Crippen LogP contribution in [0.1, 0.15) is 34.6 Å². The minimum atomic E-state index is -0.375. The summed E-state index contributed by atoms with van der Waals surface area (Å²) in [5, 5.41) is 5.70. The van der Waals surface area contributed by atoms with Gasteiger partial charge in [-0.05, 0) is 62.5 Å². The molecule has 0 heterocycles. The van der Waals surface area contributed by atoms with Gasteiger partial charge in [-0.15, -0.1) is 0 Å². The maximum absolute atomic E-state index is 12.5. The fraction of sp³-hybridized carbons (Fsp3) is 0.250. The Labute approximate surface area is 163 Å². The third-order valence-corrected chi connectivity index (χ3v) is 3.80. The number of anilines is 1. The molecule has 0 aliphatic rings. The van der Waals surface area contributed by atoms with E-state index in [-0.39, 0.29) is 16.8 Å². The van der Waals surface area contributed by atoms with Gasteiger partial charge in [0, 0.05) is 17.9 Å². The maximum Gasteiger partial charge on any atom is 0.261 e. The van der Waals surface area contributed by atoms with E-state index in [1.54, 1.807) is 48.5 Å². The summed E-state index contributed by atoms with van der Waals surface area (Å²) in [6.45, 7) is 4.81. The van der Waals surface area contributed by atoms with Gasteiger partial charge in [0.15, 0.2) is 10.9 Å². The highest BCUT2D eigenvalue weighted by atomic mass is 32.1. The lowest BCUT2D eigenvalue weighted by atomic mass is 10.1. The average molecular weight is 386 g/mol. The van der Waals surface area contributed by atoms with Crippen molar-refractivity contribution in [3.05, 3.63) is 59.7 Å². The second kappa shape index (κ2) is 10.4. The van der Waals surface area contributed by atoms with Crippen molar-refractivity contribution < 1.29 is 19.1 Å². The normalized spacial score (nSPS) is 10.1. The van der Waals surface area contributed by atoms with Crippen LogP contribution in [0, 0.1) is 0 Å². The van der Waals surface area contributed by atoms with Crippen LogP contribution in [-0.2, 0) is 4.74 Å². The second-order valence-corrected chi connectivity index (χ2v) is 5.99. The number of carbonyl (C=O) groups excluding carboxylic acids is 2. The van der Waals surface area contributed by atoms with Crippen molar-refractivity contribution >= 4 is 34.7 Å². The van der Waals surface area contributed by atoms with Crippen LogP contribution in [0.4, 0.5) is 5.69 Å². The van der Waals surface area contributed by atoms with Gasteiger partial charge in [-0.2, -0.15) is 0 Å². The molecule has 6 nitrogen and oxygen atoms in total. The quantitative estimate of drug-likeness (QED) is 0.411. The van der Waals surface area contributed by atoms with E-state index in [1.807, 2.05) is 6.92 Å². The van der Waals surface area contributed by atoms with E-state index in [9.17, 15) is 9.59 Å². The van der Waals surface area contributed by atoms with Crippen LogP contribution in [0.25, 0.3) is 0 Å². The molecular weight excluding hydrogens is 364 g/mol. The predicted octanol–water partition coefficient (Wildman–Crippen LogP) is 3.43. The zero-order valence-corrected chi connectivity index (χ0v) is 16.1. The van der Waals surface area contributed by atoms with Crippen molar-refractivity contribution in [3.8, 4) is 5.75 Å². The number of Topliss-reactive ketones (excluding diaryl/α,β-unsaturated/α-hetero) is 1. The Morgan fingerprint density at radius 2 is 1.74 bits per heavy atom. The molecule has 2 aromatic carbocycles. The molecule has 2 rings (SSSR count). The molecule has 0 bridgehead atoms. The standard InChI is InChI=1S/C20H22N2O4S/c1-3-25-12-13-26-18-7-5-4-6-17(18)19(24)22-20(27)21-16-10-8-15(9-11-16)14(2)23/h4-11H,3,12-13H2,1-2H3,(H2,21,22,24,27). The monoisotopic (exact) mass is 386 g/mol. The minimum absolute atomic E-state index is 0.0154. The molecule has 0 atom stereocenters. The molecule has 2 aromatic rings. The molecule has 0 saturated heterocycles. The topological polar surface area (TPSA) is 76.7 Å². The van der Waals surface area contributed by atoms with E-state index in [4.69, 9.17) is 21.7 Å². The number of hydrogen-bond donors (Lipinski definition) is 2. The van der Waals surface area contributed by atoms with Gasteiger partial charge in [0.05, 0.1) is 12.2 Å². The van der Waals surface area contributed by atoms with Crippen molar-refractivity contribution in [1.29, 1.82) is 0 Å². The van der Waals surface area contributed by atoms with E-state index < -0.39 is 0 Å². The van der Waals surface area contributed by atoms with Gasteiger partial charge in [-0.3, -0.25) is 14.9 Å². The number of ketones is 1. The van der Waals surface area contributed by atoms with Crippen LogP contribution < -0.4 is 15.4 Å². The number of ether oxygens (including phenoxy) is 2. The number of nitrogens with one attached hydrogen (secondary N) is 2. The first-order valence-electron chi connectivity index (χ1n) is 8.54. The van der Waals surface area contributed by atoms with Crippen molar-refractivity contribution in [1.82, 2.24) is 5.32 Å². The first-order valence-corrected chi connectivity index (χ1v) is 8.95. The SMILES string of the molecule is CCOCCOc1ccccc1C(=O)NC(=S)Nc1ccc(C(C)=O)cc1. The molecule has 27 heavy (non-hydrogen) atoms. The molecular formula is C20H22N2O4S. The summed E-state index contributed by atoms with van der Waals surface area (Å²) < 4.78 is 10.8. The molecule has 0 radical (unpaired) electrons. The Kier molecular flexibility index (Phi) is 7.91. The van der Waals surface area contributed by atoms with Crippen LogP contribution in [-0.4, -0.2) is 36.6 Å². The third kappa shape index (κ3) is 6.47. The summed E-state index contributed by atoms with van der Waals surface area (Å²) in [6.07, 6.45) is 0. The Hall–Kier alpha value is -2.77. The number of rotatable bonds is 8. The Bertz CT molecular complexity index is 806. The smallest absolute Gasteiger partial charge is 0.261 e. The largest absolute Gasteiger partial charge is 0.490 e. The number of benzene rings is 2. The highest BCUT2D eigenvalue weighted by Crippen LogP contribution is 2.18. The molecule has 0 aliphatic heterocycles. The van der Waals surface area contributed by atoms with Crippen molar-refractivity contribution in [2.75, 3.05) is 25.1 Å². The lowest BCUT2D eigenvalue weighted by Crippen LogP contribution is -2.34. The van der Waals surface area contributed by atoms with Gasteiger partial charge in [-0.25, -0.2) is 0 Å². The van der Waals surface area contributed by atoms with Crippen molar-refractivity contribution in [2.45, 2.75) is 13.8 Å². The molecule has 0 spiro atoms. The fourth-order valence-electron chi connectivity index (χ4n) is 2.26. The van der Waals surface area contributed by atoms with E-state index in [2.05, 4.69) is 10.6 Å². The number of hydrogen-bond acceptors (Lipinski definition) is 5. The first kappa shape index (κ1) is 20.5. The highest BCUT2D eigenvalue weighted by Gasteiger charge is 2.13. The molecule has 0 unspecified atom stereocenters. The maximum atomic E-state index is 12.5. The van der Waals surface area contributed by atoms with Gasteiger partial charge in [-0.1, -0.05) is 12.1 Å². The zero-order chi connectivity index (χ0) is 19.6. The van der Waals surface area contributed by atoms with E-state index in [1.165, 1.54) is 6.92 Å².